The second kappa shape index (κ2) is 12.6. The van der Waals surface area contributed by atoms with Crippen LogP contribution in [0.3, 0.4) is 0 Å². The van der Waals surface area contributed by atoms with Gasteiger partial charge in [0.25, 0.3) is 0 Å². The highest BCUT2D eigenvalue weighted by molar-refractivity contribution is 5.84. The molecule has 0 atom stereocenters. The molecule has 0 saturated heterocycles. The predicted octanol–water partition coefficient (Wildman–Crippen LogP) is 6.21. The third kappa shape index (κ3) is 7.19. The van der Waals surface area contributed by atoms with E-state index in [9.17, 15) is 4.39 Å². The van der Waals surface area contributed by atoms with Crippen molar-refractivity contribution >= 4 is 10.9 Å². The van der Waals surface area contributed by atoms with Crippen LogP contribution in [0, 0.1) is 5.82 Å². The van der Waals surface area contributed by atoms with E-state index in [1.807, 2.05) is 12.1 Å². The lowest BCUT2D eigenvalue weighted by molar-refractivity contribution is 0.261. The van der Waals surface area contributed by atoms with E-state index >= 15 is 0 Å². The lowest BCUT2D eigenvalue weighted by atomic mass is 10.2. The number of nitrogens with one attached hydrogen (secondary N) is 1. The normalized spacial score (nSPS) is 11.6. The monoisotopic (exact) mass is 423 g/mol. The standard InChI is InChI=1S/C27H38FN3/c1-3-5-17-30(18-6-4-2)19-9-16-29-20-24-22-31(27-11-8-7-10-26(24)27)21-23-12-14-25(28)15-13-23/h7-8,10-15,22,29H,3-6,9,16-21H2,1-2H3. The highest BCUT2D eigenvalue weighted by atomic mass is 19.1. The molecule has 3 aromatic rings. The largest absolute Gasteiger partial charge is 0.343 e. The van der Waals surface area contributed by atoms with Gasteiger partial charge in [0.1, 0.15) is 5.82 Å². The van der Waals surface area contributed by atoms with Crippen LogP contribution in [0.4, 0.5) is 4.39 Å². The molecule has 0 aliphatic carbocycles. The summed E-state index contributed by atoms with van der Waals surface area (Å²) < 4.78 is 15.5. The lowest BCUT2D eigenvalue weighted by Gasteiger charge is -2.21. The summed E-state index contributed by atoms with van der Waals surface area (Å²) in [7, 11) is 0. The Balaban J connectivity index is 1.55. The minimum Gasteiger partial charge on any atom is -0.343 e. The van der Waals surface area contributed by atoms with Gasteiger partial charge in [0, 0.05) is 30.2 Å². The predicted molar refractivity (Wildman–Crippen MR) is 130 cm³/mol. The number of hydrogen-bond acceptors (Lipinski definition) is 2. The highest BCUT2D eigenvalue weighted by Gasteiger charge is 2.09. The van der Waals surface area contributed by atoms with E-state index in [2.05, 4.69) is 59.1 Å². The van der Waals surface area contributed by atoms with Crippen LogP contribution in [-0.2, 0) is 13.1 Å². The van der Waals surface area contributed by atoms with Gasteiger partial charge in [-0.05, 0) is 74.8 Å². The van der Waals surface area contributed by atoms with E-state index in [1.165, 1.54) is 80.3 Å². The summed E-state index contributed by atoms with van der Waals surface area (Å²) in [5, 5.41) is 4.95. The molecule has 31 heavy (non-hydrogen) atoms. The van der Waals surface area contributed by atoms with Crippen LogP contribution < -0.4 is 5.32 Å². The van der Waals surface area contributed by atoms with Crippen molar-refractivity contribution in [2.75, 3.05) is 26.2 Å². The molecule has 4 heteroatoms. The van der Waals surface area contributed by atoms with Crippen LogP contribution in [0.5, 0.6) is 0 Å². The molecule has 3 rings (SSSR count). The van der Waals surface area contributed by atoms with Gasteiger partial charge in [0.15, 0.2) is 0 Å². The molecule has 0 saturated carbocycles. The van der Waals surface area contributed by atoms with Crippen molar-refractivity contribution in [1.29, 1.82) is 0 Å². The molecule has 0 aliphatic rings. The first-order valence-corrected chi connectivity index (χ1v) is 12.0. The number of nitrogens with zero attached hydrogens (tertiary/aromatic N) is 2. The molecule has 2 aromatic carbocycles. The quantitative estimate of drug-likeness (QED) is 0.311. The summed E-state index contributed by atoms with van der Waals surface area (Å²) in [5.74, 6) is -0.186. The van der Waals surface area contributed by atoms with Crippen molar-refractivity contribution in [2.24, 2.45) is 0 Å². The van der Waals surface area contributed by atoms with E-state index in [1.54, 1.807) is 0 Å². The van der Waals surface area contributed by atoms with Gasteiger partial charge < -0.3 is 14.8 Å². The molecule has 0 fully saturated rings. The Morgan fingerprint density at radius 3 is 2.26 bits per heavy atom. The van der Waals surface area contributed by atoms with Gasteiger partial charge in [-0.15, -0.1) is 0 Å². The molecule has 0 unspecified atom stereocenters. The fourth-order valence-corrected chi connectivity index (χ4v) is 4.13. The van der Waals surface area contributed by atoms with Gasteiger partial charge in [-0.3, -0.25) is 0 Å². The first-order valence-electron chi connectivity index (χ1n) is 12.0. The van der Waals surface area contributed by atoms with Crippen molar-refractivity contribution in [2.45, 2.75) is 59.0 Å². The van der Waals surface area contributed by atoms with Gasteiger partial charge in [-0.1, -0.05) is 57.0 Å². The van der Waals surface area contributed by atoms with Crippen LogP contribution in [-0.4, -0.2) is 35.6 Å². The molecule has 0 radical (unpaired) electrons. The Labute approximate surface area is 187 Å². The first-order chi connectivity index (χ1) is 15.2. The molecular formula is C27H38FN3. The average molecular weight is 424 g/mol. The number of hydrogen-bond donors (Lipinski definition) is 1. The van der Waals surface area contributed by atoms with E-state index in [0.29, 0.717) is 0 Å². The third-order valence-corrected chi connectivity index (χ3v) is 5.94. The molecular weight excluding hydrogens is 385 g/mol. The zero-order valence-corrected chi connectivity index (χ0v) is 19.2. The molecule has 3 nitrogen and oxygen atoms in total. The van der Waals surface area contributed by atoms with Crippen LogP contribution in [0.15, 0.2) is 54.7 Å². The van der Waals surface area contributed by atoms with Gasteiger partial charge in [-0.25, -0.2) is 4.39 Å². The van der Waals surface area contributed by atoms with Crippen LogP contribution in [0.1, 0.15) is 57.1 Å². The minimum absolute atomic E-state index is 0.186. The Hall–Kier alpha value is -2.17. The third-order valence-electron chi connectivity index (χ3n) is 5.94. The zero-order chi connectivity index (χ0) is 21.9. The summed E-state index contributed by atoms with van der Waals surface area (Å²) in [5.41, 5.74) is 3.67. The summed E-state index contributed by atoms with van der Waals surface area (Å²) in [4.78, 5) is 2.63. The van der Waals surface area contributed by atoms with E-state index < -0.39 is 0 Å². The maximum Gasteiger partial charge on any atom is 0.123 e. The van der Waals surface area contributed by atoms with Crippen molar-refractivity contribution in [1.82, 2.24) is 14.8 Å². The summed E-state index contributed by atoms with van der Waals surface area (Å²) >= 11 is 0. The van der Waals surface area contributed by atoms with Gasteiger partial charge in [-0.2, -0.15) is 0 Å². The van der Waals surface area contributed by atoms with E-state index in [-0.39, 0.29) is 5.82 Å². The van der Waals surface area contributed by atoms with Crippen molar-refractivity contribution in [3.63, 3.8) is 0 Å². The van der Waals surface area contributed by atoms with Crippen LogP contribution in [0.2, 0.25) is 0 Å². The number of halogens is 1. The maximum atomic E-state index is 13.2. The second-order valence-electron chi connectivity index (χ2n) is 8.50. The number of unbranched alkanes of at least 4 members (excludes halogenated alkanes) is 2. The molecule has 168 valence electrons. The zero-order valence-electron chi connectivity index (χ0n) is 19.2. The Bertz CT molecular complexity index is 892. The molecule has 0 amide bonds. The summed E-state index contributed by atoms with van der Waals surface area (Å²) in [6.07, 6.45) is 8.55. The van der Waals surface area contributed by atoms with E-state index in [4.69, 9.17) is 0 Å². The number of benzene rings is 2. The van der Waals surface area contributed by atoms with Crippen molar-refractivity contribution in [3.8, 4) is 0 Å². The minimum atomic E-state index is -0.186. The maximum absolute atomic E-state index is 13.2. The number of fused-ring (bicyclic) bond motifs is 1. The molecule has 1 N–H and O–H groups in total. The molecule has 0 spiro atoms. The van der Waals surface area contributed by atoms with Crippen LogP contribution in [0.25, 0.3) is 10.9 Å². The molecule has 1 aromatic heterocycles. The number of para-hydroxylation sites is 1. The average Bonchev–Trinajstić information content (AvgIpc) is 3.14. The number of aromatic nitrogens is 1. The van der Waals surface area contributed by atoms with Gasteiger partial charge in [0.05, 0.1) is 0 Å². The highest BCUT2D eigenvalue weighted by Crippen LogP contribution is 2.22. The first kappa shape index (κ1) is 23.5. The van der Waals surface area contributed by atoms with E-state index in [0.717, 1.165) is 25.2 Å². The van der Waals surface area contributed by atoms with Gasteiger partial charge in [0.2, 0.25) is 0 Å². The Morgan fingerprint density at radius 2 is 1.55 bits per heavy atom. The van der Waals surface area contributed by atoms with Gasteiger partial charge >= 0.3 is 0 Å². The Kier molecular flexibility index (Phi) is 9.57. The number of rotatable bonds is 14. The fraction of sp³-hybridized carbons (Fsp3) is 0.481. The van der Waals surface area contributed by atoms with Crippen LogP contribution >= 0.6 is 0 Å². The smallest absolute Gasteiger partial charge is 0.123 e. The topological polar surface area (TPSA) is 20.2 Å². The van der Waals surface area contributed by atoms with Crippen molar-refractivity contribution in [3.05, 3.63) is 71.7 Å². The summed E-state index contributed by atoms with van der Waals surface area (Å²) in [6, 6.07) is 15.4. The lowest BCUT2D eigenvalue weighted by Crippen LogP contribution is -2.29. The Morgan fingerprint density at radius 1 is 0.871 bits per heavy atom. The second-order valence-corrected chi connectivity index (χ2v) is 8.50. The fourth-order valence-electron chi connectivity index (χ4n) is 4.13. The summed E-state index contributed by atoms with van der Waals surface area (Å²) in [6.45, 7) is 10.8. The molecule has 0 aliphatic heterocycles. The molecule has 1 heterocycles. The van der Waals surface area contributed by atoms with Crippen molar-refractivity contribution < 1.29 is 4.39 Å². The SMILES string of the molecule is CCCCN(CCCC)CCCNCc1cn(Cc2ccc(F)cc2)c2ccccc12. The molecule has 0 bridgehead atoms.